The molecule has 1 fully saturated rings. The fraction of sp³-hybridized carbons (Fsp3) is 0.692. The second kappa shape index (κ2) is 5.09. The summed E-state index contributed by atoms with van der Waals surface area (Å²) < 4.78 is 2.50. The molecule has 0 radical (unpaired) electrons. The van der Waals surface area contributed by atoms with Gasteiger partial charge < -0.3 is 9.91 Å². The van der Waals surface area contributed by atoms with E-state index in [0.717, 1.165) is 51.1 Å². The van der Waals surface area contributed by atoms with E-state index in [2.05, 4.69) is 21.9 Å². The van der Waals surface area contributed by atoms with Crippen molar-refractivity contribution in [1.82, 2.24) is 14.6 Å². The predicted molar refractivity (Wildman–Crippen MR) is 78.0 cm³/mol. The number of nitrogens with zero attached hydrogens (tertiary/aromatic N) is 3. The van der Waals surface area contributed by atoms with Crippen LogP contribution in [0.4, 0.5) is 0 Å². The van der Waals surface area contributed by atoms with Gasteiger partial charge in [-0.25, -0.2) is 9.47 Å². The van der Waals surface area contributed by atoms with Crippen LogP contribution in [0.2, 0.25) is 0 Å². The smallest absolute Gasteiger partial charge is 0.306 e. The molecule has 104 valence electrons. The fourth-order valence-corrected chi connectivity index (χ4v) is 3.32. The Morgan fingerprint density at radius 1 is 1.11 bits per heavy atom. The van der Waals surface area contributed by atoms with Crippen molar-refractivity contribution in [2.75, 3.05) is 38.2 Å². The largest absolute Gasteiger partial charge is 0.345 e. The van der Waals surface area contributed by atoms with Gasteiger partial charge in [-0.05, 0) is 32.7 Å². The highest BCUT2D eigenvalue weighted by atomic mass is 32.1. The summed E-state index contributed by atoms with van der Waals surface area (Å²) in [7, 11) is 2.12. The van der Waals surface area contributed by atoms with E-state index >= 15 is 0 Å². The molecule has 6 heteroatoms. The van der Waals surface area contributed by atoms with Crippen molar-refractivity contribution in [1.29, 1.82) is 0 Å². The minimum atomic E-state index is -0.0739. The molecule has 0 atom stereocenters. The molecule has 1 aromatic rings. The van der Waals surface area contributed by atoms with Crippen molar-refractivity contribution in [3.8, 4) is 0 Å². The Hall–Kier alpha value is -1.14. The van der Waals surface area contributed by atoms with E-state index in [1.807, 2.05) is 4.68 Å². The number of fused-ring (bicyclic) bond motifs is 1. The average molecular weight is 280 g/mol. The number of aromatic amines is 1. The summed E-state index contributed by atoms with van der Waals surface area (Å²) in [6.45, 7) is 3.79. The third-order valence-electron chi connectivity index (χ3n) is 4.14. The first-order chi connectivity index (χ1) is 9.16. The zero-order chi connectivity index (χ0) is 13.4. The molecule has 0 unspecified atom stereocenters. The summed E-state index contributed by atoms with van der Waals surface area (Å²) in [5, 5.41) is 2.16. The Morgan fingerprint density at radius 3 is 2.53 bits per heavy atom. The number of H-pyrrole nitrogens is 1. The Bertz CT molecular complexity index is 583. The van der Waals surface area contributed by atoms with Crippen molar-refractivity contribution < 1.29 is 0 Å². The van der Waals surface area contributed by atoms with Gasteiger partial charge in [0, 0.05) is 31.7 Å². The molecular weight excluding hydrogens is 260 g/mol. The van der Waals surface area contributed by atoms with Crippen molar-refractivity contribution in [3.05, 3.63) is 26.4 Å². The summed E-state index contributed by atoms with van der Waals surface area (Å²) in [5.74, 6) is 0. The topological polar surface area (TPSA) is 44.3 Å². The SMILES string of the molecule is CN1CCN(n2c3c(c(=S)[nH]c2=O)CCCC3)CC1. The quantitative estimate of drug-likeness (QED) is 0.768. The van der Waals surface area contributed by atoms with Crippen LogP contribution in [0.1, 0.15) is 24.1 Å². The number of likely N-dealkylation sites (N-methyl/N-ethyl adjacent to an activating group) is 1. The number of rotatable bonds is 1. The van der Waals surface area contributed by atoms with Gasteiger partial charge in [-0.15, -0.1) is 0 Å². The number of nitrogens with one attached hydrogen (secondary N) is 1. The summed E-state index contributed by atoms with van der Waals surface area (Å²) in [5.41, 5.74) is 2.25. The molecule has 1 aliphatic carbocycles. The fourth-order valence-electron chi connectivity index (χ4n) is 3.01. The molecule has 0 aromatic carbocycles. The van der Waals surface area contributed by atoms with Crippen LogP contribution in [-0.4, -0.2) is 47.8 Å². The lowest BCUT2D eigenvalue weighted by molar-refractivity contribution is 0.281. The zero-order valence-electron chi connectivity index (χ0n) is 11.3. The van der Waals surface area contributed by atoms with E-state index in [1.54, 1.807) is 0 Å². The second-order valence-electron chi connectivity index (χ2n) is 5.46. The van der Waals surface area contributed by atoms with E-state index in [1.165, 1.54) is 12.0 Å². The van der Waals surface area contributed by atoms with Gasteiger partial charge in [-0.1, -0.05) is 12.2 Å². The van der Waals surface area contributed by atoms with E-state index in [0.29, 0.717) is 4.64 Å². The first kappa shape index (κ1) is 12.9. The third-order valence-corrected chi connectivity index (χ3v) is 4.49. The number of aromatic nitrogens is 2. The van der Waals surface area contributed by atoms with Crippen molar-refractivity contribution in [2.45, 2.75) is 25.7 Å². The van der Waals surface area contributed by atoms with Crippen LogP contribution in [0.5, 0.6) is 0 Å². The molecule has 2 aliphatic rings. The van der Waals surface area contributed by atoms with Gasteiger partial charge in [0.15, 0.2) is 0 Å². The molecule has 1 saturated heterocycles. The normalized spacial score (nSPS) is 20.4. The summed E-state index contributed by atoms with van der Waals surface area (Å²) >= 11 is 5.31. The first-order valence-electron chi connectivity index (χ1n) is 6.97. The average Bonchev–Trinajstić information content (AvgIpc) is 2.41. The molecule has 3 rings (SSSR count). The molecule has 0 spiro atoms. The first-order valence-corrected chi connectivity index (χ1v) is 7.38. The molecule has 5 nitrogen and oxygen atoms in total. The molecule has 1 N–H and O–H groups in total. The van der Waals surface area contributed by atoms with Crippen molar-refractivity contribution in [3.63, 3.8) is 0 Å². The lowest BCUT2D eigenvalue weighted by Crippen LogP contribution is -2.54. The highest BCUT2D eigenvalue weighted by Gasteiger charge is 2.22. The standard InChI is InChI=1S/C13H20N4OS/c1-15-6-8-16(9-7-15)17-11-5-3-2-4-10(11)12(19)14-13(17)18/h2-9H2,1H3,(H,14,18,19). The van der Waals surface area contributed by atoms with Gasteiger partial charge >= 0.3 is 5.69 Å². The molecule has 2 heterocycles. The maximum absolute atomic E-state index is 12.3. The van der Waals surface area contributed by atoms with Crippen molar-refractivity contribution in [2.24, 2.45) is 0 Å². The summed E-state index contributed by atoms with van der Waals surface area (Å²) in [4.78, 5) is 17.4. The molecule has 0 bridgehead atoms. The Morgan fingerprint density at radius 2 is 1.79 bits per heavy atom. The van der Waals surface area contributed by atoms with E-state index in [-0.39, 0.29) is 5.69 Å². The van der Waals surface area contributed by atoms with Gasteiger partial charge in [0.25, 0.3) is 0 Å². The van der Waals surface area contributed by atoms with E-state index in [4.69, 9.17) is 12.2 Å². The van der Waals surface area contributed by atoms with Crippen LogP contribution in [0.15, 0.2) is 4.79 Å². The van der Waals surface area contributed by atoms with Crippen LogP contribution >= 0.6 is 12.2 Å². The lowest BCUT2D eigenvalue weighted by atomic mass is 9.97. The summed E-state index contributed by atoms with van der Waals surface area (Å²) in [6, 6.07) is 0. The highest BCUT2D eigenvalue weighted by Crippen LogP contribution is 2.20. The molecule has 0 amide bonds. The molecule has 0 saturated carbocycles. The molecule has 1 aromatic heterocycles. The monoisotopic (exact) mass is 280 g/mol. The van der Waals surface area contributed by atoms with Gasteiger partial charge in [0.05, 0.1) is 5.69 Å². The van der Waals surface area contributed by atoms with Crippen LogP contribution in [0, 0.1) is 4.64 Å². The lowest BCUT2D eigenvalue weighted by Gasteiger charge is -2.37. The van der Waals surface area contributed by atoms with E-state index in [9.17, 15) is 4.79 Å². The molecular formula is C13H20N4OS. The predicted octanol–water partition coefficient (Wildman–Crippen LogP) is 0.668. The number of hydrogen-bond donors (Lipinski definition) is 1. The van der Waals surface area contributed by atoms with Crippen molar-refractivity contribution >= 4 is 12.2 Å². The Balaban J connectivity index is 2.05. The minimum Gasteiger partial charge on any atom is -0.306 e. The number of hydrogen-bond acceptors (Lipinski definition) is 4. The van der Waals surface area contributed by atoms with Gasteiger partial charge in [0.2, 0.25) is 0 Å². The Labute approximate surface area is 117 Å². The maximum Gasteiger partial charge on any atom is 0.345 e. The van der Waals surface area contributed by atoms with Crippen LogP contribution in [0.3, 0.4) is 0 Å². The van der Waals surface area contributed by atoms with Crippen LogP contribution in [0.25, 0.3) is 0 Å². The molecule has 1 aliphatic heterocycles. The van der Waals surface area contributed by atoms with Gasteiger partial charge in [-0.2, -0.15) is 0 Å². The third kappa shape index (κ3) is 2.34. The van der Waals surface area contributed by atoms with E-state index < -0.39 is 0 Å². The second-order valence-corrected chi connectivity index (χ2v) is 5.87. The minimum absolute atomic E-state index is 0.0739. The zero-order valence-corrected chi connectivity index (χ0v) is 12.1. The van der Waals surface area contributed by atoms with Gasteiger partial charge in [0.1, 0.15) is 4.64 Å². The summed E-state index contributed by atoms with van der Waals surface area (Å²) in [6.07, 6.45) is 4.29. The number of piperazine rings is 1. The van der Waals surface area contributed by atoms with Gasteiger partial charge in [-0.3, -0.25) is 4.98 Å². The van der Waals surface area contributed by atoms with Crippen LogP contribution < -0.4 is 10.7 Å². The Kier molecular flexibility index (Phi) is 3.45. The highest BCUT2D eigenvalue weighted by molar-refractivity contribution is 7.71. The maximum atomic E-state index is 12.3. The van der Waals surface area contributed by atoms with Crippen LogP contribution in [-0.2, 0) is 12.8 Å². The molecule has 19 heavy (non-hydrogen) atoms.